The lowest BCUT2D eigenvalue weighted by atomic mass is 10.0. The molecule has 3 nitrogen and oxygen atoms in total. The number of ketones is 1. The first kappa shape index (κ1) is 22.0. The summed E-state index contributed by atoms with van der Waals surface area (Å²) in [4.78, 5) is 20.0. The maximum absolute atomic E-state index is 13.1. The zero-order valence-electron chi connectivity index (χ0n) is 17.0. The van der Waals surface area contributed by atoms with E-state index in [2.05, 4.69) is 29.2 Å². The maximum Gasteiger partial charge on any atom is 0.182 e. The molecule has 0 bridgehead atoms. The van der Waals surface area contributed by atoms with Crippen molar-refractivity contribution in [1.82, 2.24) is 0 Å². The number of para-hydroxylation sites is 1. The second-order valence-corrected chi connectivity index (χ2v) is 7.40. The van der Waals surface area contributed by atoms with Crippen LogP contribution in [0.2, 0.25) is 0 Å². The molecule has 0 aliphatic carbocycles. The van der Waals surface area contributed by atoms with E-state index in [0.29, 0.717) is 6.54 Å². The Kier molecular flexibility index (Phi) is 7.97. The van der Waals surface area contributed by atoms with Gasteiger partial charge in [0.15, 0.2) is 5.78 Å². The van der Waals surface area contributed by atoms with Crippen molar-refractivity contribution >= 4 is 34.3 Å². The van der Waals surface area contributed by atoms with E-state index in [1.165, 1.54) is 6.42 Å². The van der Waals surface area contributed by atoms with Crippen molar-refractivity contribution in [1.29, 1.82) is 0 Å². The third-order valence-corrected chi connectivity index (χ3v) is 5.35. The van der Waals surface area contributed by atoms with Gasteiger partial charge in [0.25, 0.3) is 0 Å². The number of Topliss-reactive ketones (excluding diaryl/α,β-unsaturated/α-hetero) is 1. The van der Waals surface area contributed by atoms with Crippen LogP contribution in [0.25, 0.3) is 11.1 Å². The van der Waals surface area contributed by atoms with Gasteiger partial charge in [-0.15, -0.1) is 17.0 Å². The summed E-state index contributed by atoms with van der Waals surface area (Å²) in [5.41, 5.74) is 4.04. The van der Waals surface area contributed by atoms with Crippen molar-refractivity contribution in [2.24, 2.45) is 4.99 Å². The van der Waals surface area contributed by atoms with E-state index in [1.54, 1.807) is 0 Å². The number of hydrogen-bond acceptors (Lipinski definition) is 3. The summed E-state index contributed by atoms with van der Waals surface area (Å²) < 4.78 is 0. The Balaban J connectivity index is 0.00000256. The Labute approximate surface area is 189 Å². The minimum Gasteiger partial charge on any atom is -0.322 e. The minimum atomic E-state index is 0. The molecule has 0 aromatic heterocycles. The van der Waals surface area contributed by atoms with E-state index in [4.69, 9.17) is 4.99 Å². The number of aliphatic imine (C=N–C) groups is 1. The molecule has 4 heteroatoms. The van der Waals surface area contributed by atoms with Crippen LogP contribution in [0.3, 0.4) is 0 Å². The fraction of sp³-hybridized carbons (Fsp3) is 0.231. The number of benzene rings is 3. The molecule has 0 radical (unpaired) electrons. The molecule has 30 heavy (non-hydrogen) atoms. The van der Waals surface area contributed by atoms with Gasteiger partial charge in [-0.05, 0) is 36.1 Å². The number of hydrogen-bond donors (Lipinski definition) is 0. The molecule has 0 fully saturated rings. The number of amidine groups is 1. The average Bonchev–Trinajstić information content (AvgIpc) is 3.08. The van der Waals surface area contributed by atoms with E-state index in [9.17, 15) is 4.79 Å². The number of rotatable bonds is 5. The third kappa shape index (κ3) is 5.45. The van der Waals surface area contributed by atoms with Crippen LogP contribution in [0, 0.1) is 0 Å². The predicted octanol–water partition coefficient (Wildman–Crippen LogP) is 6.59. The first-order valence-electron chi connectivity index (χ1n) is 10.4. The van der Waals surface area contributed by atoms with Crippen molar-refractivity contribution < 1.29 is 4.79 Å². The Morgan fingerprint density at radius 3 is 2.10 bits per heavy atom. The van der Waals surface area contributed by atoms with Crippen LogP contribution >= 0.6 is 17.0 Å². The van der Waals surface area contributed by atoms with E-state index < -0.39 is 0 Å². The van der Waals surface area contributed by atoms with Crippen molar-refractivity contribution in [3.05, 3.63) is 90.5 Å². The summed E-state index contributed by atoms with van der Waals surface area (Å²) in [5, 5.41) is 0. The number of halogens is 1. The Morgan fingerprint density at radius 2 is 1.40 bits per heavy atom. The highest BCUT2D eigenvalue weighted by Gasteiger charge is 2.19. The summed E-state index contributed by atoms with van der Waals surface area (Å²) in [6, 6.07) is 28.3. The minimum absolute atomic E-state index is 0. The molecule has 0 atom stereocenters. The monoisotopic (exact) mass is 462 g/mol. The second-order valence-electron chi connectivity index (χ2n) is 7.40. The largest absolute Gasteiger partial charge is 0.322 e. The van der Waals surface area contributed by atoms with Crippen LogP contribution in [0.15, 0.2) is 89.9 Å². The summed E-state index contributed by atoms with van der Waals surface area (Å²) >= 11 is 0. The molecule has 0 N–H and O–H groups in total. The third-order valence-electron chi connectivity index (χ3n) is 5.35. The van der Waals surface area contributed by atoms with Gasteiger partial charge in [-0.3, -0.25) is 9.79 Å². The first-order valence-corrected chi connectivity index (χ1v) is 10.4. The smallest absolute Gasteiger partial charge is 0.182 e. The molecule has 1 aliphatic rings. The lowest BCUT2D eigenvalue weighted by Crippen LogP contribution is -2.35. The molecule has 0 saturated carbocycles. The molecule has 0 unspecified atom stereocenters. The zero-order chi connectivity index (χ0) is 19.9. The summed E-state index contributed by atoms with van der Waals surface area (Å²) in [7, 11) is 0. The summed E-state index contributed by atoms with van der Waals surface area (Å²) in [6.45, 7) is 1.16. The van der Waals surface area contributed by atoms with Crippen LogP contribution in [0.5, 0.6) is 0 Å². The fourth-order valence-electron chi connectivity index (χ4n) is 3.73. The second kappa shape index (κ2) is 10.9. The quantitative estimate of drug-likeness (QED) is 0.400. The lowest BCUT2D eigenvalue weighted by molar-refractivity contribution is 0.100. The Hall–Kier alpha value is -2.72. The van der Waals surface area contributed by atoms with E-state index >= 15 is 0 Å². The fourth-order valence-corrected chi connectivity index (χ4v) is 3.73. The number of nitrogens with zero attached hydrogens (tertiary/aromatic N) is 2. The standard InChI is InChI=1S/C26H26N2O.BrH/c29-25(23-17-15-22(16-18-23)21-10-4-1-5-11-21)20-28(24-12-6-2-7-13-24)26-14-8-3-9-19-27-26;/h1-2,4-7,10-13,15-18H,3,8-9,14,19-20H2;1H. The van der Waals surface area contributed by atoms with Gasteiger partial charge >= 0.3 is 0 Å². The topological polar surface area (TPSA) is 32.7 Å². The number of carbonyl (C=O) groups is 1. The van der Waals surface area contributed by atoms with Gasteiger partial charge in [0.1, 0.15) is 5.84 Å². The van der Waals surface area contributed by atoms with Gasteiger partial charge in [-0.25, -0.2) is 0 Å². The van der Waals surface area contributed by atoms with Crippen LogP contribution in [-0.2, 0) is 0 Å². The van der Waals surface area contributed by atoms with E-state index in [-0.39, 0.29) is 22.8 Å². The van der Waals surface area contributed by atoms with Gasteiger partial charge in [-0.2, -0.15) is 0 Å². The zero-order valence-corrected chi connectivity index (χ0v) is 18.7. The molecule has 4 rings (SSSR count). The van der Waals surface area contributed by atoms with Gasteiger partial charge in [0.2, 0.25) is 0 Å². The predicted molar refractivity (Wildman–Crippen MR) is 131 cm³/mol. The highest BCUT2D eigenvalue weighted by molar-refractivity contribution is 8.93. The van der Waals surface area contributed by atoms with Crippen molar-refractivity contribution in [2.75, 3.05) is 18.0 Å². The average molecular weight is 463 g/mol. The Bertz CT molecular complexity index is 969. The molecular weight excluding hydrogens is 436 g/mol. The van der Waals surface area contributed by atoms with Crippen LogP contribution in [0.4, 0.5) is 5.69 Å². The molecule has 154 valence electrons. The van der Waals surface area contributed by atoms with Crippen molar-refractivity contribution in [3.63, 3.8) is 0 Å². The summed E-state index contributed by atoms with van der Waals surface area (Å²) in [5.74, 6) is 1.14. The number of anilines is 1. The summed E-state index contributed by atoms with van der Waals surface area (Å²) in [6.07, 6.45) is 4.38. The molecule has 1 aliphatic heterocycles. The highest BCUT2D eigenvalue weighted by atomic mass is 79.9. The van der Waals surface area contributed by atoms with Crippen molar-refractivity contribution in [2.45, 2.75) is 25.7 Å². The molecule has 0 amide bonds. The molecule has 3 aromatic carbocycles. The van der Waals surface area contributed by atoms with Gasteiger partial charge in [-0.1, -0.05) is 79.2 Å². The molecule has 3 aromatic rings. The Morgan fingerprint density at radius 1 is 0.767 bits per heavy atom. The van der Waals surface area contributed by atoms with Gasteiger partial charge < -0.3 is 4.90 Å². The number of carbonyl (C=O) groups excluding carboxylic acids is 1. The maximum atomic E-state index is 13.1. The van der Waals surface area contributed by atoms with Crippen LogP contribution < -0.4 is 4.90 Å². The molecular formula is C26H27BrN2O. The van der Waals surface area contributed by atoms with Gasteiger partial charge in [0.05, 0.1) is 6.54 Å². The van der Waals surface area contributed by atoms with E-state index in [0.717, 1.165) is 54.0 Å². The molecule has 0 saturated heterocycles. The normalized spacial score (nSPS) is 13.5. The SMILES string of the molecule is Br.O=C(CN(C1=NCCCCC1)c1ccccc1)c1ccc(-c2ccccc2)cc1. The lowest BCUT2D eigenvalue weighted by Gasteiger charge is -2.25. The first-order chi connectivity index (χ1) is 14.3. The molecule has 0 spiro atoms. The van der Waals surface area contributed by atoms with Crippen LogP contribution in [-0.4, -0.2) is 24.7 Å². The van der Waals surface area contributed by atoms with Crippen molar-refractivity contribution in [3.8, 4) is 11.1 Å². The van der Waals surface area contributed by atoms with Gasteiger partial charge in [0, 0.05) is 24.2 Å². The molecule has 1 heterocycles. The highest BCUT2D eigenvalue weighted by Crippen LogP contribution is 2.22. The van der Waals surface area contributed by atoms with Crippen LogP contribution in [0.1, 0.15) is 36.0 Å². The van der Waals surface area contributed by atoms with E-state index in [1.807, 2.05) is 60.7 Å².